The molecule has 2 heterocycles. The van der Waals surface area contributed by atoms with Crippen LogP contribution in [0.15, 0.2) is 45.3 Å². The summed E-state index contributed by atoms with van der Waals surface area (Å²) in [6.07, 6.45) is 3.07. The van der Waals surface area contributed by atoms with Gasteiger partial charge in [-0.3, -0.25) is 0 Å². The fourth-order valence-electron chi connectivity index (χ4n) is 1.68. The number of methoxy groups -OCH3 is 1. The van der Waals surface area contributed by atoms with Gasteiger partial charge in [0.2, 0.25) is 11.0 Å². The standard InChI is InChI=1S/C14H11N3O3S/c1-19-10-4-2-3-9(7-10)12-17-11(13(18)20-12)8-16-14-15-5-6-21-14/h2-8,18H,1H3/b16-8+. The Kier molecular flexibility index (Phi) is 3.65. The average molecular weight is 301 g/mol. The van der Waals surface area contributed by atoms with Crippen LogP contribution < -0.4 is 4.74 Å². The maximum absolute atomic E-state index is 9.78. The lowest BCUT2D eigenvalue weighted by Gasteiger charge is -2.00. The second-order valence-electron chi connectivity index (χ2n) is 4.01. The zero-order valence-corrected chi connectivity index (χ0v) is 11.9. The van der Waals surface area contributed by atoms with Crippen LogP contribution in [0.4, 0.5) is 5.13 Å². The highest BCUT2D eigenvalue weighted by Gasteiger charge is 2.13. The van der Waals surface area contributed by atoms with Crippen LogP contribution in [0.25, 0.3) is 11.5 Å². The second-order valence-corrected chi connectivity index (χ2v) is 4.89. The summed E-state index contributed by atoms with van der Waals surface area (Å²) < 4.78 is 10.4. The van der Waals surface area contributed by atoms with Crippen molar-refractivity contribution in [1.29, 1.82) is 0 Å². The molecule has 21 heavy (non-hydrogen) atoms. The first kappa shape index (κ1) is 13.3. The number of hydrogen-bond donors (Lipinski definition) is 1. The molecule has 0 unspecified atom stereocenters. The van der Waals surface area contributed by atoms with Gasteiger partial charge in [0.1, 0.15) is 5.75 Å². The molecule has 0 amide bonds. The van der Waals surface area contributed by atoms with Gasteiger partial charge < -0.3 is 14.3 Å². The van der Waals surface area contributed by atoms with Crippen LogP contribution in [0.3, 0.4) is 0 Å². The number of nitrogens with zero attached hydrogens (tertiary/aromatic N) is 3. The van der Waals surface area contributed by atoms with Crippen molar-refractivity contribution in [3.63, 3.8) is 0 Å². The van der Waals surface area contributed by atoms with Gasteiger partial charge in [0.05, 0.1) is 13.3 Å². The van der Waals surface area contributed by atoms with Crippen molar-refractivity contribution in [2.24, 2.45) is 4.99 Å². The summed E-state index contributed by atoms with van der Waals surface area (Å²) in [4.78, 5) is 12.3. The number of benzene rings is 1. The molecule has 0 spiro atoms. The molecule has 0 atom stereocenters. The Hall–Kier alpha value is -2.67. The van der Waals surface area contributed by atoms with E-state index in [1.165, 1.54) is 17.6 Å². The average Bonchev–Trinajstić information content (AvgIpc) is 3.15. The molecule has 106 valence electrons. The first-order valence-electron chi connectivity index (χ1n) is 6.04. The van der Waals surface area contributed by atoms with E-state index in [2.05, 4.69) is 15.0 Å². The van der Waals surface area contributed by atoms with Crippen LogP contribution in [0, 0.1) is 0 Å². The summed E-state index contributed by atoms with van der Waals surface area (Å²) in [5.41, 5.74) is 0.960. The molecule has 0 radical (unpaired) electrons. The summed E-state index contributed by atoms with van der Waals surface area (Å²) in [5.74, 6) is 0.698. The van der Waals surface area contributed by atoms with E-state index >= 15 is 0 Å². The van der Waals surface area contributed by atoms with E-state index in [-0.39, 0.29) is 11.6 Å². The van der Waals surface area contributed by atoms with Crippen molar-refractivity contribution >= 4 is 22.7 Å². The number of hydrogen-bond acceptors (Lipinski definition) is 7. The molecule has 0 aliphatic carbocycles. The summed E-state index contributed by atoms with van der Waals surface area (Å²) in [7, 11) is 1.58. The van der Waals surface area contributed by atoms with Crippen molar-refractivity contribution in [2.45, 2.75) is 0 Å². The van der Waals surface area contributed by atoms with Crippen molar-refractivity contribution in [1.82, 2.24) is 9.97 Å². The highest BCUT2D eigenvalue weighted by molar-refractivity contribution is 7.13. The first-order chi connectivity index (χ1) is 10.3. The smallest absolute Gasteiger partial charge is 0.312 e. The van der Waals surface area contributed by atoms with Crippen LogP contribution >= 0.6 is 11.3 Å². The Labute approximate surface area is 124 Å². The third-order valence-corrected chi connectivity index (χ3v) is 3.35. The van der Waals surface area contributed by atoms with Gasteiger partial charge in [0, 0.05) is 17.1 Å². The molecule has 1 aromatic carbocycles. The van der Waals surface area contributed by atoms with E-state index in [9.17, 15) is 5.11 Å². The lowest BCUT2D eigenvalue weighted by molar-refractivity contribution is 0.336. The fraction of sp³-hybridized carbons (Fsp3) is 0.0714. The van der Waals surface area contributed by atoms with Crippen LogP contribution in [-0.2, 0) is 0 Å². The number of thiazole rings is 1. The van der Waals surface area contributed by atoms with Crippen LogP contribution in [0.2, 0.25) is 0 Å². The Bertz CT molecular complexity index is 766. The van der Waals surface area contributed by atoms with Gasteiger partial charge in [0.15, 0.2) is 5.69 Å². The Morgan fingerprint density at radius 2 is 2.33 bits per heavy atom. The normalized spacial score (nSPS) is 11.1. The Balaban J connectivity index is 1.90. The predicted molar refractivity (Wildman–Crippen MR) is 79.5 cm³/mol. The number of aliphatic imine (C=N–C) groups is 1. The third kappa shape index (κ3) is 2.92. The molecular formula is C14H11N3O3S. The molecule has 1 N–H and O–H groups in total. The number of aromatic nitrogens is 2. The minimum absolute atomic E-state index is 0.253. The quantitative estimate of drug-likeness (QED) is 0.748. The van der Waals surface area contributed by atoms with Gasteiger partial charge in [-0.1, -0.05) is 6.07 Å². The number of oxazole rings is 1. The van der Waals surface area contributed by atoms with E-state index in [1.54, 1.807) is 19.4 Å². The van der Waals surface area contributed by atoms with Crippen molar-refractivity contribution in [3.8, 4) is 23.1 Å². The van der Waals surface area contributed by atoms with E-state index in [0.717, 1.165) is 0 Å². The van der Waals surface area contributed by atoms with E-state index in [0.29, 0.717) is 22.3 Å². The van der Waals surface area contributed by atoms with Gasteiger partial charge in [0.25, 0.3) is 0 Å². The van der Waals surface area contributed by atoms with Gasteiger partial charge >= 0.3 is 5.95 Å². The van der Waals surface area contributed by atoms with Crippen LogP contribution in [0.5, 0.6) is 11.7 Å². The molecule has 0 aliphatic heterocycles. The summed E-state index contributed by atoms with van der Waals surface area (Å²) in [6.45, 7) is 0. The molecule has 0 bridgehead atoms. The maximum Gasteiger partial charge on any atom is 0.312 e. The van der Waals surface area contributed by atoms with Gasteiger partial charge in [-0.15, -0.1) is 11.3 Å². The molecule has 0 saturated carbocycles. The SMILES string of the molecule is COc1cccc(-c2nc(/C=N/c3nccs3)c(O)o2)c1. The topological polar surface area (TPSA) is 80.7 Å². The van der Waals surface area contributed by atoms with Crippen molar-refractivity contribution < 1.29 is 14.3 Å². The summed E-state index contributed by atoms with van der Waals surface area (Å²) >= 11 is 1.39. The molecule has 0 fully saturated rings. The molecular weight excluding hydrogens is 290 g/mol. The Morgan fingerprint density at radius 3 is 3.10 bits per heavy atom. The highest BCUT2D eigenvalue weighted by atomic mass is 32.1. The molecule has 7 heteroatoms. The number of aromatic hydroxyl groups is 1. The minimum atomic E-state index is -0.284. The largest absolute Gasteiger partial charge is 0.497 e. The zero-order chi connectivity index (χ0) is 14.7. The highest BCUT2D eigenvalue weighted by Crippen LogP contribution is 2.28. The zero-order valence-electron chi connectivity index (χ0n) is 11.1. The molecule has 2 aromatic heterocycles. The fourth-order valence-corrected chi connectivity index (χ4v) is 2.16. The summed E-state index contributed by atoms with van der Waals surface area (Å²) in [5, 5.41) is 12.2. The van der Waals surface area contributed by atoms with E-state index in [1.807, 2.05) is 23.6 Å². The van der Waals surface area contributed by atoms with Gasteiger partial charge in [-0.05, 0) is 18.2 Å². The molecule has 3 aromatic rings. The number of ether oxygens (including phenoxy) is 1. The van der Waals surface area contributed by atoms with Crippen molar-refractivity contribution in [3.05, 3.63) is 41.5 Å². The van der Waals surface area contributed by atoms with Crippen molar-refractivity contribution in [2.75, 3.05) is 7.11 Å². The predicted octanol–water partition coefficient (Wildman–Crippen LogP) is 3.26. The molecule has 0 aliphatic rings. The molecule has 6 nitrogen and oxygen atoms in total. The third-order valence-electron chi connectivity index (χ3n) is 2.67. The van der Waals surface area contributed by atoms with E-state index in [4.69, 9.17) is 9.15 Å². The lowest BCUT2D eigenvalue weighted by Crippen LogP contribution is -1.85. The Morgan fingerprint density at radius 1 is 1.43 bits per heavy atom. The lowest BCUT2D eigenvalue weighted by atomic mass is 10.2. The maximum atomic E-state index is 9.78. The second kappa shape index (κ2) is 5.76. The number of rotatable bonds is 4. The van der Waals surface area contributed by atoms with Crippen LogP contribution in [0.1, 0.15) is 5.69 Å². The van der Waals surface area contributed by atoms with Gasteiger partial charge in [-0.2, -0.15) is 0 Å². The first-order valence-corrected chi connectivity index (χ1v) is 6.92. The molecule has 0 saturated heterocycles. The van der Waals surface area contributed by atoms with Crippen LogP contribution in [-0.4, -0.2) is 28.4 Å². The monoisotopic (exact) mass is 301 g/mol. The van der Waals surface area contributed by atoms with E-state index < -0.39 is 0 Å². The minimum Gasteiger partial charge on any atom is -0.497 e. The molecule has 3 rings (SSSR count). The summed E-state index contributed by atoms with van der Waals surface area (Å²) in [6, 6.07) is 7.22. The van der Waals surface area contributed by atoms with Gasteiger partial charge in [-0.25, -0.2) is 15.0 Å².